The number of nitrogens with zero attached hydrogens (tertiary/aromatic N) is 2. The van der Waals surface area contributed by atoms with E-state index in [-0.39, 0.29) is 29.8 Å². The van der Waals surface area contributed by atoms with Crippen LogP contribution in [0.15, 0.2) is 24.3 Å². The molecule has 1 aromatic rings. The summed E-state index contributed by atoms with van der Waals surface area (Å²) in [5.41, 5.74) is 1.60. The highest BCUT2D eigenvalue weighted by Gasteiger charge is 2.35. The molecule has 0 aromatic heterocycles. The number of urea groups is 1. The third-order valence-corrected chi connectivity index (χ3v) is 5.13. The molecule has 7 nitrogen and oxygen atoms in total. The average molecular weight is 372 g/mol. The molecule has 2 N–H and O–H groups in total. The van der Waals surface area contributed by atoms with Crippen molar-refractivity contribution in [2.75, 3.05) is 32.5 Å². The normalized spacial score (nSPS) is 17.3. The van der Waals surface area contributed by atoms with Crippen LogP contribution >= 0.6 is 0 Å². The molecule has 27 heavy (non-hydrogen) atoms. The number of carbonyl (C=O) groups is 3. The number of nitrogens with one attached hydrogen (secondary N) is 2. The topological polar surface area (TPSA) is 81.8 Å². The Bertz CT molecular complexity index is 690. The van der Waals surface area contributed by atoms with Gasteiger partial charge in [-0.25, -0.2) is 4.79 Å². The van der Waals surface area contributed by atoms with Gasteiger partial charge < -0.3 is 20.4 Å². The fraction of sp³-hybridized carbons (Fsp3) is 0.550. The molecule has 3 rings (SSSR count). The first-order valence-corrected chi connectivity index (χ1v) is 9.58. The van der Waals surface area contributed by atoms with Gasteiger partial charge in [0.05, 0.1) is 6.42 Å². The highest BCUT2D eigenvalue weighted by atomic mass is 16.2. The van der Waals surface area contributed by atoms with Crippen LogP contribution in [0.3, 0.4) is 0 Å². The first kappa shape index (κ1) is 19.2. The van der Waals surface area contributed by atoms with Gasteiger partial charge in [-0.1, -0.05) is 12.1 Å². The van der Waals surface area contributed by atoms with Crippen LogP contribution in [0.25, 0.3) is 0 Å². The Balaban J connectivity index is 1.41. The van der Waals surface area contributed by atoms with Gasteiger partial charge in [0.15, 0.2) is 0 Å². The fourth-order valence-corrected chi connectivity index (χ4v) is 3.22. The number of benzene rings is 1. The van der Waals surface area contributed by atoms with Crippen LogP contribution in [-0.4, -0.2) is 60.9 Å². The van der Waals surface area contributed by atoms with Crippen LogP contribution in [0, 0.1) is 5.92 Å². The van der Waals surface area contributed by atoms with Crippen molar-refractivity contribution in [1.82, 2.24) is 15.1 Å². The summed E-state index contributed by atoms with van der Waals surface area (Å²) in [5.74, 6) is 0.583. The summed E-state index contributed by atoms with van der Waals surface area (Å²) in [7, 11) is 3.46. The molecule has 1 saturated carbocycles. The van der Waals surface area contributed by atoms with E-state index in [2.05, 4.69) is 10.6 Å². The molecule has 1 heterocycles. The first-order valence-electron chi connectivity index (χ1n) is 9.58. The second kappa shape index (κ2) is 8.41. The highest BCUT2D eigenvalue weighted by Crippen LogP contribution is 2.31. The Morgan fingerprint density at radius 1 is 1.04 bits per heavy atom. The van der Waals surface area contributed by atoms with Crippen LogP contribution in [0.5, 0.6) is 0 Å². The van der Waals surface area contributed by atoms with Crippen molar-refractivity contribution in [2.45, 2.75) is 38.1 Å². The SMILES string of the molecule is CN(C)C(=O)Cc1ccc(NC(=O)NC2CCN(C(=O)C3CC3)CC2)cc1. The van der Waals surface area contributed by atoms with Gasteiger partial charge in [0.25, 0.3) is 0 Å². The van der Waals surface area contributed by atoms with Crippen LogP contribution in [0.4, 0.5) is 10.5 Å². The third kappa shape index (κ3) is 5.45. The maximum absolute atomic E-state index is 12.2. The van der Waals surface area contributed by atoms with Crippen LogP contribution in [0.1, 0.15) is 31.2 Å². The number of amides is 4. The Morgan fingerprint density at radius 2 is 1.67 bits per heavy atom. The molecule has 1 aliphatic heterocycles. The van der Waals surface area contributed by atoms with Crippen molar-refractivity contribution < 1.29 is 14.4 Å². The van der Waals surface area contributed by atoms with Gasteiger partial charge in [0.1, 0.15) is 0 Å². The zero-order valence-corrected chi connectivity index (χ0v) is 16.0. The molecule has 0 spiro atoms. The number of carbonyl (C=O) groups excluding carboxylic acids is 3. The lowest BCUT2D eigenvalue weighted by Crippen LogP contribution is -2.47. The van der Waals surface area contributed by atoms with Crippen LogP contribution in [-0.2, 0) is 16.0 Å². The Hall–Kier alpha value is -2.57. The molecular formula is C20H28N4O3. The van der Waals surface area contributed by atoms with Crippen LogP contribution in [0.2, 0.25) is 0 Å². The maximum atomic E-state index is 12.2. The standard InChI is InChI=1S/C20H28N4O3/c1-23(2)18(25)13-14-3-7-16(8-4-14)21-20(27)22-17-9-11-24(12-10-17)19(26)15-5-6-15/h3-4,7-8,15,17H,5-6,9-13H2,1-2H3,(H2,21,22,27). The molecule has 146 valence electrons. The molecule has 0 radical (unpaired) electrons. The van der Waals surface area contributed by atoms with E-state index in [9.17, 15) is 14.4 Å². The van der Waals surface area contributed by atoms with Crippen molar-refractivity contribution in [2.24, 2.45) is 5.92 Å². The number of anilines is 1. The number of hydrogen-bond donors (Lipinski definition) is 2. The lowest BCUT2D eigenvalue weighted by Gasteiger charge is -2.32. The van der Waals surface area contributed by atoms with Gasteiger partial charge in [-0.2, -0.15) is 0 Å². The number of piperidine rings is 1. The minimum absolute atomic E-state index is 0.0416. The highest BCUT2D eigenvalue weighted by molar-refractivity contribution is 5.89. The van der Waals surface area contributed by atoms with E-state index in [1.165, 1.54) is 0 Å². The third-order valence-electron chi connectivity index (χ3n) is 5.13. The monoisotopic (exact) mass is 372 g/mol. The van der Waals surface area contributed by atoms with Crippen molar-refractivity contribution >= 4 is 23.5 Å². The summed E-state index contributed by atoms with van der Waals surface area (Å²) in [4.78, 5) is 39.5. The van der Waals surface area contributed by atoms with E-state index < -0.39 is 0 Å². The molecule has 4 amide bonds. The van der Waals surface area contributed by atoms with Gasteiger partial charge in [-0.15, -0.1) is 0 Å². The van der Waals surface area contributed by atoms with Gasteiger partial charge in [0, 0.05) is 44.8 Å². The van der Waals surface area contributed by atoms with Crippen molar-refractivity contribution in [3.05, 3.63) is 29.8 Å². The van der Waals surface area contributed by atoms with E-state index >= 15 is 0 Å². The Morgan fingerprint density at radius 3 is 2.22 bits per heavy atom. The summed E-state index contributed by atoms with van der Waals surface area (Å²) in [6.07, 6.45) is 3.98. The van der Waals surface area contributed by atoms with Gasteiger partial charge in [0.2, 0.25) is 11.8 Å². The summed E-state index contributed by atoms with van der Waals surface area (Å²) in [5, 5.41) is 5.81. The smallest absolute Gasteiger partial charge is 0.319 e. The minimum Gasteiger partial charge on any atom is -0.349 e. The molecule has 0 unspecified atom stereocenters. The number of likely N-dealkylation sites (tertiary alicyclic amines) is 1. The first-order chi connectivity index (χ1) is 12.9. The van der Waals surface area contributed by atoms with E-state index in [1.807, 2.05) is 17.0 Å². The lowest BCUT2D eigenvalue weighted by molar-refractivity contribution is -0.133. The molecule has 0 atom stereocenters. The molecule has 1 aliphatic carbocycles. The largest absolute Gasteiger partial charge is 0.349 e. The summed E-state index contributed by atoms with van der Waals surface area (Å²) < 4.78 is 0. The quantitative estimate of drug-likeness (QED) is 0.827. The van der Waals surface area contributed by atoms with Gasteiger partial charge >= 0.3 is 6.03 Å². The number of likely N-dealkylation sites (N-methyl/N-ethyl adjacent to an activating group) is 1. The van der Waals surface area contributed by atoms with Crippen molar-refractivity contribution in [3.8, 4) is 0 Å². The molecule has 2 fully saturated rings. The van der Waals surface area contributed by atoms with Gasteiger partial charge in [-0.3, -0.25) is 9.59 Å². The van der Waals surface area contributed by atoms with Crippen molar-refractivity contribution in [3.63, 3.8) is 0 Å². The lowest BCUT2D eigenvalue weighted by atomic mass is 10.0. The second-order valence-electron chi connectivity index (χ2n) is 7.63. The predicted octanol–water partition coefficient (Wildman–Crippen LogP) is 1.84. The average Bonchev–Trinajstić information content (AvgIpc) is 3.48. The maximum Gasteiger partial charge on any atom is 0.319 e. The second-order valence-corrected chi connectivity index (χ2v) is 7.63. The zero-order chi connectivity index (χ0) is 19.4. The summed E-state index contributed by atoms with van der Waals surface area (Å²) in [6, 6.07) is 7.14. The molecule has 1 aromatic carbocycles. The van der Waals surface area contributed by atoms with E-state index in [4.69, 9.17) is 0 Å². The van der Waals surface area contributed by atoms with Gasteiger partial charge in [-0.05, 0) is 43.4 Å². The molecule has 7 heteroatoms. The molecular weight excluding hydrogens is 344 g/mol. The molecule has 1 saturated heterocycles. The fourth-order valence-electron chi connectivity index (χ4n) is 3.22. The van der Waals surface area contributed by atoms with Crippen LogP contribution < -0.4 is 10.6 Å². The summed E-state index contributed by atoms with van der Waals surface area (Å²) >= 11 is 0. The zero-order valence-electron chi connectivity index (χ0n) is 16.0. The Labute approximate surface area is 160 Å². The number of hydrogen-bond acceptors (Lipinski definition) is 3. The predicted molar refractivity (Wildman–Crippen MR) is 103 cm³/mol. The van der Waals surface area contributed by atoms with E-state index in [0.29, 0.717) is 12.1 Å². The van der Waals surface area contributed by atoms with Crippen molar-refractivity contribution in [1.29, 1.82) is 0 Å². The van der Waals surface area contributed by atoms with E-state index in [1.54, 1.807) is 31.1 Å². The van der Waals surface area contributed by atoms with E-state index in [0.717, 1.165) is 44.3 Å². The Kier molecular flexibility index (Phi) is 5.98. The summed E-state index contributed by atoms with van der Waals surface area (Å²) in [6.45, 7) is 1.43. The number of rotatable bonds is 5. The molecule has 0 bridgehead atoms. The minimum atomic E-state index is -0.237. The molecule has 2 aliphatic rings.